The van der Waals surface area contributed by atoms with Crippen molar-refractivity contribution in [2.24, 2.45) is 0 Å². The minimum atomic E-state index is -0.867. The van der Waals surface area contributed by atoms with Crippen LogP contribution in [0.3, 0.4) is 0 Å². The predicted octanol–water partition coefficient (Wildman–Crippen LogP) is 2.45. The maximum Gasteiger partial charge on any atom is 0.337 e. The van der Waals surface area contributed by atoms with Crippen LogP contribution in [0.15, 0.2) is 48.5 Å². The molecule has 0 unspecified atom stereocenters. The number of esters is 1. The number of nitrogens with one attached hydrogen (secondary N) is 2. The van der Waals surface area contributed by atoms with Gasteiger partial charge in [-0.1, -0.05) is 18.2 Å². The minimum absolute atomic E-state index is 0.266. The van der Waals surface area contributed by atoms with E-state index in [-0.39, 0.29) is 5.56 Å². The van der Waals surface area contributed by atoms with Gasteiger partial charge < -0.3 is 20.1 Å². The summed E-state index contributed by atoms with van der Waals surface area (Å²) in [4.78, 5) is 35.6. The maximum atomic E-state index is 12.1. The molecule has 0 saturated heterocycles. The smallest absolute Gasteiger partial charge is 0.337 e. The summed E-state index contributed by atoms with van der Waals surface area (Å²) in [5.74, 6) is -1.78. The van der Waals surface area contributed by atoms with Gasteiger partial charge in [0.2, 0.25) is 0 Å². The van der Waals surface area contributed by atoms with Gasteiger partial charge in [-0.3, -0.25) is 9.59 Å². The van der Waals surface area contributed by atoms with E-state index < -0.39 is 17.8 Å². The number of ether oxygens (including phenoxy) is 2. The van der Waals surface area contributed by atoms with Crippen molar-refractivity contribution < 1.29 is 23.9 Å². The standard InChI is InChI=1S/C18H18N2O5/c1-3-25-15-10-5-4-9-14(15)20-17(22)16(21)19-13-8-6-7-12(11-13)18(23)24-2/h4-11H,3H2,1-2H3,(H,19,21)(H,20,22). The average molecular weight is 342 g/mol. The predicted molar refractivity (Wildman–Crippen MR) is 92.7 cm³/mol. The lowest BCUT2D eigenvalue weighted by Crippen LogP contribution is -2.29. The highest BCUT2D eigenvalue weighted by Crippen LogP contribution is 2.23. The van der Waals surface area contributed by atoms with Crippen molar-refractivity contribution in [3.05, 3.63) is 54.1 Å². The van der Waals surface area contributed by atoms with Crippen LogP contribution in [0.4, 0.5) is 11.4 Å². The van der Waals surface area contributed by atoms with E-state index in [0.29, 0.717) is 23.7 Å². The molecule has 2 N–H and O–H groups in total. The van der Waals surface area contributed by atoms with Crippen LogP contribution >= 0.6 is 0 Å². The molecule has 7 nitrogen and oxygen atoms in total. The highest BCUT2D eigenvalue weighted by Gasteiger charge is 2.16. The lowest BCUT2D eigenvalue weighted by Gasteiger charge is -2.11. The Hall–Kier alpha value is -3.35. The summed E-state index contributed by atoms with van der Waals surface area (Å²) >= 11 is 0. The molecule has 0 aliphatic rings. The van der Waals surface area contributed by atoms with Crippen LogP contribution < -0.4 is 15.4 Å². The van der Waals surface area contributed by atoms with E-state index in [2.05, 4.69) is 15.4 Å². The number of amides is 2. The van der Waals surface area contributed by atoms with Gasteiger partial charge in [-0.15, -0.1) is 0 Å². The van der Waals surface area contributed by atoms with Crippen LogP contribution in [0.1, 0.15) is 17.3 Å². The number of rotatable bonds is 5. The topological polar surface area (TPSA) is 93.7 Å². The van der Waals surface area contributed by atoms with Crippen molar-refractivity contribution in [1.82, 2.24) is 0 Å². The second-order valence-corrected chi connectivity index (χ2v) is 4.91. The zero-order valence-corrected chi connectivity index (χ0v) is 13.9. The largest absolute Gasteiger partial charge is 0.492 e. The molecule has 130 valence electrons. The van der Waals surface area contributed by atoms with Gasteiger partial charge >= 0.3 is 17.8 Å². The first kappa shape index (κ1) is 18.0. The van der Waals surface area contributed by atoms with Gasteiger partial charge in [-0.05, 0) is 37.3 Å². The van der Waals surface area contributed by atoms with E-state index in [9.17, 15) is 14.4 Å². The first-order valence-corrected chi connectivity index (χ1v) is 7.57. The highest BCUT2D eigenvalue weighted by atomic mass is 16.5. The number of hydrogen-bond donors (Lipinski definition) is 2. The highest BCUT2D eigenvalue weighted by molar-refractivity contribution is 6.43. The molecule has 0 aliphatic heterocycles. The fraction of sp³-hybridized carbons (Fsp3) is 0.167. The van der Waals surface area contributed by atoms with Crippen LogP contribution in [0.5, 0.6) is 5.75 Å². The Labute approximate surface area is 144 Å². The van der Waals surface area contributed by atoms with Crippen LogP contribution in [0, 0.1) is 0 Å². The average Bonchev–Trinajstić information content (AvgIpc) is 2.63. The zero-order valence-electron chi connectivity index (χ0n) is 13.9. The summed E-state index contributed by atoms with van der Waals surface area (Å²) in [6.07, 6.45) is 0. The SMILES string of the molecule is CCOc1ccccc1NC(=O)C(=O)Nc1cccc(C(=O)OC)c1. The third kappa shape index (κ3) is 4.81. The molecule has 0 aliphatic carbocycles. The van der Waals surface area contributed by atoms with Crippen LogP contribution in [0.25, 0.3) is 0 Å². The molecule has 0 saturated carbocycles. The molecule has 2 amide bonds. The lowest BCUT2D eigenvalue weighted by atomic mass is 10.2. The molecule has 0 spiro atoms. The van der Waals surface area contributed by atoms with Crippen molar-refractivity contribution in [1.29, 1.82) is 0 Å². The number of methoxy groups -OCH3 is 1. The lowest BCUT2D eigenvalue weighted by molar-refractivity contribution is -0.133. The Morgan fingerprint density at radius 3 is 2.40 bits per heavy atom. The molecule has 0 radical (unpaired) electrons. The van der Waals surface area contributed by atoms with Gasteiger partial charge in [0.25, 0.3) is 0 Å². The van der Waals surface area contributed by atoms with Crippen LogP contribution in [0.2, 0.25) is 0 Å². The number of carbonyl (C=O) groups excluding carboxylic acids is 3. The van der Waals surface area contributed by atoms with Crippen LogP contribution in [-0.2, 0) is 14.3 Å². The normalized spacial score (nSPS) is 9.84. The Morgan fingerprint density at radius 2 is 1.68 bits per heavy atom. The molecule has 7 heteroatoms. The van der Waals surface area contributed by atoms with Gasteiger partial charge in [-0.25, -0.2) is 4.79 Å². The van der Waals surface area contributed by atoms with E-state index in [1.807, 2.05) is 6.92 Å². The molecule has 0 heterocycles. The van der Waals surface area contributed by atoms with E-state index in [4.69, 9.17) is 4.74 Å². The fourth-order valence-corrected chi connectivity index (χ4v) is 2.06. The van der Waals surface area contributed by atoms with Gasteiger partial charge in [0.1, 0.15) is 5.75 Å². The van der Waals surface area contributed by atoms with Gasteiger partial charge in [0.05, 0.1) is 25.0 Å². The van der Waals surface area contributed by atoms with Crippen molar-refractivity contribution in [3.63, 3.8) is 0 Å². The van der Waals surface area contributed by atoms with Crippen molar-refractivity contribution >= 4 is 29.2 Å². The summed E-state index contributed by atoms with van der Waals surface area (Å²) in [5.41, 5.74) is 0.969. The molecule has 2 aromatic rings. The molecule has 2 rings (SSSR count). The van der Waals surface area contributed by atoms with Crippen LogP contribution in [-0.4, -0.2) is 31.5 Å². The molecule has 0 aromatic heterocycles. The Balaban J connectivity index is 2.06. The summed E-state index contributed by atoms with van der Waals surface area (Å²) in [6.45, 7) is 2.25. The Bertz CT molecular complexity index is 789. The zero-order chi connectivity index (χ0) is 18.2. The summed E-state index contributed by atoms with van der Waals surface area (Å²) in [5, 5.41) is 4.93. The molecule has 0 atom stereocenters. The number of para-hydroxylation sites is 2. The quantitative estimate of drug-likeness (QED) is 0.643. The minimum Gasteiger partial charge on any atom is -0.492 e. The van der Waals surface area contributed by atoms with Gasteiger partial charge in [0, 0.05) is 5.69 Å². The van der Waals surface area contributed by atoms with Gasteiger partial charge in [-0.2, -0.15) is 0 Å². The second kappa shape index (κ2) is 8.49. The van der Waals surface area contributed by atoms with Crippen molar-refractivity contribution in [2.45, 2.75) is 6.92 Å². The van der Waals surface area contributed by atoms with Crippen molar-refractivity contribution in [3.8, 4) is 5.75 Å². The first-order valence-electron chi connectivity index (χ1n) is 7.57. The number of carbonyl (C=O) groups is 3. The number of benzene rings is 2. The third-order valence-corrected chi connectivity index (χ3v) is 3.18. The monoisotopic (exact) mass is 342 g/mol. The molecule has 0 fully saturated rings. The van der Waals surface area contributed by atoms with E-state index in [0.717, 1.165) is 0 Å². The summed E-state index contributed by atoms with van der Waals surface area (Å²) < 4.78 is 10.0. The van der Waals surface area contributed by atoms with Crippen molar-refractivity contribution in [2.75, 3.05) is 24.4 Å². The number of hydrogen-bond acceptors (Lipinski definition) is 5. The van der Waals surface area contributed by atoms with E-state index in [1.165, 1.54) is 13.2 Å². The molecule has 2 aromatic carbocycles. The van der Waals surface area contributed by atoms with Gasteiger partial charge in [0.15, 0.2) is 0 Å². The Kier molecular flexibility index (Phi) is 6.11. The summed E-state index contributed by atoms with van der Waals surface area (Å²) in [7, 11) is 1.26. The summed E-state index contributed by atoms with van der Waals surface area (Å²) in [6, 6.07) is 12.9. The maximum absolute atomic E-state index is 12.1. The molecule has 0 bridgehead atoms. The molecule has 25 heavy (non-hydrogen) atoms. The van der Waals surface area contributed by atoms with E-state index >= 15 is 0 Å². The van der Waals surface area contributed by atoms with E-state index in [1.54, 1.807) is 42.5 Å². The second-order valence-electron chi connectivity index (χ2n) is 4.91. The third-order valence-electron chi connectivity index (χ3n) is 3.18. The molecular formula is C18H18N2O5. The fourth-order valence-electron chi connectivity index (χ4n) is 2.06. The number of anilines is 2. The first-order chi connectivity index (χ1) is 12.0. The Morgan fingerprint density at radius 1 is 0.960 bits per heavy atom. The molecular weight excluding hydrogens is 324 g/mol.